The molecule has 2 aromatic carbocycles. The highest BCUT2D eigenvalue weighted by Crippen LogP contribution is 2.27. The molecule has 1 heterocycles. The summed E-state index contributed by atoms with van der Waals surface area (Å²) in [6.45, 7) is 5.07. The third-order valence-corrected chi connectivity index (χ3v) is 4.05. The highest BCUT2D eigenvalue weighted by Gasteiger charge is 2.12. The summed E-state index contributed by atoms with van der Waals surface area (Å²) in [4.78, 5) is 24.2. The van der Waals surface area contributed by atoms with E-state index in [0.29, 0.717) is 28.8 Å². The molecule has 0 saturated carbocycles. The number of hydrogen-bond acceptors (Lipinski definition) is 4. The van der Waals surface area contributed by atoms with Crippen LogP contribution in [-0.2, 0) is 6.54 Å². The summed E-state index contributed by atoms with van der Waals surface area (Å²) in [5, 5.41) is 14.5. The van der Waals surface area contributed by atoms with Gasteiger partial charge in [-0.15, -0.1) is 0 Å². The molecule has 1 aromatic heterocycles. The molecule has 0 aliphatic rings. The highest BCUT2D eigenvalue weighted by atomic mass is 35.5. The Hall–Kier alpha value is -2.51. The second-order valence-corrected chi connectivity index (χ2v) is 6.16. The number of halogens is 2. The van der Waals surface area contributed by atoms with Crippen LogP contribution in [0, 0.1) is 10.1 Å². The number of nitro benzene ring substituents is 1. The monoisotopic (exact) mass is 396 g/mol. The number of aryl methyl sites for hydroxylation is 1. The fraction of sp³-hybridized carbons (Fsp3) is 0.235. The Morgan fingerprint density at radius 1 is 1.15 bits per heavy atom. The number of benzene rings is 2. The molecule has 0 fully saturated rings. The van der Waals surface area contributed by atoms with Crippen LogP contribution in [0.5, 0.6) is 0 Å². The van der Waals surface area contributed by atoms with Crippen LogP contribution in [0.1, 0.15) is 13.8 Å². The number of nitro groups is 1. The molecule has 138 valence electrons. The van der Waals surface area contributed by atoms with Gasteiger partial charge in [-0.1, -0.05) is 23.2 Å². The van der Waals surface area contributed by atoms with Crippen molar-refractivity contribution in [1.82, 2.24) is 9.55 Å². The first-order chi connectivity index (χ1) is 12.4. The molecule has 0 spiro atoms. The van der Waals surface area contributed by atoms with Gasteiger partial charge >= 0.3 is 5.69 Å². The number of fused-ring (bicyclic) bond motifs is 1. The number of nitrogens with one attached hydrogen (secondary N) is 2. The first-order valence-electron chi connectivity index (χ1n) is 7.93. The molecule has 2 N–H and O–H groups in total. The van der Waals surface area contributed by atoms with Crippen LogP contribution in [0.2, 0.25) is 10.0 Å². The third kappa shape index (κ3) is 4.56. The van der Waals surface area contributed by atoms with Crippen molar-refractivity contribution in [3.8, 4) is 0 Å². The largest absolute Gasteiger partial charge is 0.380 e. The fourth-order valence-corrected chi connectivity index (χ4v) is 2.78. The predicted molar refractivity (Wildman–Crippen MR) is 106 cm³/mol. The minimum absolute atomic E-state index is 0.0475. The Bertz CT molecular complexity index is 982. The average molecular weight is 397 g/mol. The molecule has 0 bridgehead atoms. The maximum absolute atomic E-state index is 11.3. The van der Waals surface area contributed by atoms with E-state index in [9.17, 15) is 14.9 Å². The van der Waals surface area contributed by atoms with Crippen LogP contribution in [0.4, 0.5) is 11.4 Å². The lowest BCUT2D eigenvalue weighted by molar-refractivity contribution is -0.384. The molecule has 0 atom stereocenters. The predicted octanol–water partition coefficient (Wildman–Crippen LogP) is 4.68. The van der Waals surface area contributed by atoms with E-state index in [1.54, 1.807) is 22.8 Å². The summed E-state index contributed by atoms with van der Waals surface area (Å²) in [6, 6.07) is 9.80. The Morgan fingerprint density at radius 2 is 1.81 bits per heavy atom. The van der Waals surface area contributed by atoms with Crippen LogP contribution in [0.3, 0.4) is 0 Å². The highest BCUT2D eigenvalue weighted by molar-refractivity contribution is 6.31. The molecule has 26 heavy (non-hydrogen) atoms. The molecular formula is C17H18Cl2N4O3. The molecule has 9 heteroatoms. The van der Waals surface area contributed by atoms with Crippen molar-refractivity contribution in [1.29, 1.82) is 0 Å². The summed E-state index contributed by atoms with van der Waals surface area (Å²) < 4.78 is 1.65. The summed E-state index contributed by atoms with van der Waals surface area (Å²) in [5.74, 6) is 0. The summed E-state index contributed by atoms with van der Waals surface area (Å²) in [6.07, 6.45) is 0. The smallest absolute Gasteiger partial charge is 0.326 e. The van der Waals surface area contributed by atoms with Crippen molar-refractivity contribution < 1.29 is 4.92 Å². The van der Waals surface area contributed by atoms with Crippen molar-refractivity contribution in [2.24, 2.45) is 0 Å². The van der Waals surface area contributed by atoms with E-state index in [0.717, 1.165) is 11.0 Å². The van der Waals surface area contributed by atoms with Gasteiger partial charge in [-0.2, -0.15) is 0 Å². The fourth-order valence-electron chi connectivity index (χ4n) is 2.44. The van der Waals surface area contributed by atoms with E-state index in [1.165, 1.54) is 12.1 Å². The normalized spacial score (nSPS) is 10.3. The van der Waals surface area contributed by atoms with Crippen LogP contribution < -0.4 is 11.0 Å². The quantitative estimate of drug-likeness (QED) is 0.494. The Balaban J connectivity index is 0.000000187. The van der Waals surface area contributed by atoms with Gasteiger partial charge < -0.3 is 10.3 Å². The van der Waals surface area contributed by atoms with Crippen molar-refractivity contribution in [3.05, 3.63) is 67.0 Å². The number of hydrogen-bond donors (Lipinski definition) is 2. The van der Waals surface area contributed by atoms with Gasteiger partial charge in [-0.25, -0.2) is 4.79 Å². The van der Waals surface area contributed by atoms with E-state index in [1.807, 2.05) is 19.9 Å². The molecule has 0 aliphatic carbocycles. The molecule has 0 amide bonds. The zero-order valence-corrected chi connectivity index (χ0v) is 15.8. The summed E-state index contributed by atoms with van der Waals surface area (Å²) in [7, 11) is 0. The maximum atomic E-state index is 11.3. The Labute approximate surface area is 159 Å². The molecule has 0 aliphatic heterocycles. The first-order valence-corrected chi connectivity index (χ1v) is 8.68. The number of rotatable bonds is 4. The standard InChI is InChI=1S/C9H9ClN2O.C8H9ClN2O2/c1-2-12-8-5-6(10)3-4-7(8)11-9(12)13;1-2-10-7-5-6(9)3-4-8(7)11(12)13/h3-5H,2H2,1H3,(H,11,13);3-5,10H,2H2,1H3. The van der Waals surface area contributed by atoms with Crippen LogP contribution in [-0.4, -0.2) is 21.0 Å². The summed E-state index contributed by atoms with van der Waals surface area (Å²) >= 11 is 11.5. The van der Waals surface area contributed by atoms with E-state index in [2.05, 4.69) is 10.3 Å². The van der Waals surface area contributed by atoms with E-state index in [4.69, 9.17) is 23.2 Å². The number of imidazole rings is 1. The molecule has 7 nitrogen and oxygen atoms in total. The van der Waals surface area contributed by atoms with Gasteiger partial charge in [-0.3, -0.25) is 14.7 Å². The van der Waals surface area contributed by atoms with E-state index < -0.39 is 4.92 Å². The first kappa shape index (κ1) is 19.8. The van der Waals surface area contributed by atoms with Crippen molar-refractivity contribution in [2.75, 3.05) is 11.9 Å². The lowest BCUT2D eigenvalue weighted by Gasteiger charge is -2.03. The van der Waals surface area contributed by atoms with Gasteiger partial charge in [0, 0.05) is 29.2 Å². The van der Waals surface area contributed by atoms with Crippen molar-refractivity contribution in [2.45, 2.75) is 20.4 Å². The minimum atomic E-state index is -0.436. The number of anilines is 1. The number of aromatic amines is 1. The van der Waals surface area contributed by atoms with Gasteiger partial charge in [0.05, 0.1) is 16.0 Å². The van der Waals surface area contributed by atoms with Gasteiger partial charge in [0.15, 0.2) is 0 Å². The van der Waals surface area contributed by atoms with E-state index in [-0.39, 0.29) is 11.4 Å². The van der Waals surface area contributed by atoms with Crippen LogP contribution in [0.15, 0.2) is 41.2 Å². The van der Waals surface area contributed by atoms with Crippen LogP contribution in [0.25, 0.3) is 11.0 Å². The minimum Gasteiger partial charge on any atom is -0.380 e. The molecular weight excluding hydrogens is 379 g/mol. The summed E-state index contributed by atoms with van der Waals surface area (Å²) in [5.41, 5.74) is 2.11. The SMILES string of the molecule is CCNc1cc(Cl)ccc1[N+](=O)[O-].CCn1c(=O)[nH]c2ccc(Cl)cc21. The Kier molecular flexibility index (Phi) is 6.65. The van der Waals surface area contributed by atoms with Gasteiger partial charge in [0.1, 0.15) is 5.69 Å². The van der Waals surface area contributed by atoms with E-state index >= 15 is 0 Å². The third-order valence-electron chi connectivity index (χ3n) is 3.58. The Morgan fingerprint density at radius 3 is 2.42 bits per heavy atom. The van der Waals surface area contributed by atoms with Crippen LogP contribution >= 0.6 is 23.2 Å². The zero-order chi connectivity index (χ0) is 19.3. The average Bonchev–Trinajstić information content (AvgIpc) is 2.90. The van der Waals surface area contributed by atoms with Gasteiger partial charge in [-0.05, 0) is 44.2 Å². The number of H-pyrrole nitrogens is 1. The van der Waals surface area contributed by atoms with Crippen molar-refractivity contribution in [3.63, 3.8) is 0 Å². The zero-order valence-electron chi connectivity index (χ0n) is 14.3. The van der Waals surface area contributed by atoms with Crippen molar-refractivity contribution >= 4 is 45.6 Å². The second kappa shape index (κ2) is 8.73. The molecule has 3 rings (SSSR count). The van der Waals surface area contributed by atoms with Gasteiger partial charge in [0.2, 0.25) is 0 Å². The lowest BCUT2D eigenvalue weighted by Crippen LogP contribution is -2.14. The second-order valence-electron chi connectivity index (χ2n) is 5.28. The topological polar surface area (TPSA) is 93.0 Å². The van der Waals surface area contributed by atoms with Gasteiger partial charge in [0.25, 0.3) is 5.69 Å². The molecule has 0 unspecified atom stereocenters. The lowest BCUT2D eigenvalue weighted by atomic mass is 10.2. The molecule has 0 saturated heterocycles. The number of nitrogens with zero attached hydrogens (tertiary/aromatic N) is 2. The maximum Gasteiger partial charge on any atom is 0.326 e. The number of aromatic nitrogens is 2. The molecule has 0 radical (unpaired) electrons. The molecule has 3 aromatic rings.